The molecule has 1 amide bonds. The summed E-state index contributed by atoms with van der Waals surface area (Å²) in [7, 11) is 0. The molecule has 1 aromatic rings. The molecule has 0 aromatic heterocycles. The highest BCUT2D eigenvalue weighted by Gasteiger charge is 2.21. The first kappa shape index (κ1) is 15.7. The summed E-state index contributed by atoms with van der Waals surface area (Å²) in [5.74, 6) is -0.111. The number of carbonyl (C=O) groups excluding carboxylic acids is 1. The maximum atomic E-state index is 12.1. The molecule has 0 saturated carbocycles. The molecular formula is C13H18Br2N2O. The first-order valence-electron chi connectivity index (χ1n) is 5.94. The minimum atomic E-state index is -0.325. The average molecular weight is 378 g/mol. The zero-order valence-electron chi connectivity index (χ0n) is 10.6. The van der Waals surface area contributed by atoms with Gasteiger partial charge >= 0.3 is 0 Å². The molecular weight excluding hydrogens is 360 g/mol. The van der Waals surface area contributed by atoms with Crippen LogP contribution in [0.1, 0.15) is 37.0 Å². The molecule has 0 radical (unpaired) electrons. The molecule has 0 aliphatic rings. The van der Waals surface area contributed by atoms with E-state index in [0.717, 1.165) is 21.8 Å². The third-order valence-corrected chi connectivity index (χ3v) is 4.37. The number of benzene rings is 1. The van der Waals surface area contributed by atoms with Crippen LogP contribution >= 0.6 is 31.9 Å². The van der Waals surface area contributed by atoms with E-state index >= 15 is 0 Å². The number of nitrogens with one attached hydrogen (secondary N) is 1. The van der Waals surface area contributed by atoms with Gasteiger partial charge < -0.3 is 11.1 Å². The molecule has 0 spiro atoms. The smallest absolute Gasteiger partial charge is 0.252 e. The number of halogens is 2. The molecule has 1 aromatic carbocycles. The molecule has 0 fully saturated rings. The van der Waals surface area contributed by atoms with Crippen molar-refractivity contribution in [2.75, 3.05) is 6.54 Å². The Morgan fingerprint density at radius 3 is 2.50 bits per heavy atom. The molecule has 0 atom stereocenters. The van der Waals surface area contributed by atoms with Gasteiger partial charge in [0, 0.05) is 21.0 Å². The number of hydrogen-bond donors (Lipinski definition) is 2. The van der Waals surface area contributed by atoms with Crippen LogP contribution in [0.5, 0.6) is 0 Å². The van der Waals surface area contributed by atoms with Crippen LogP contribution in [0.3, 0.4) is 0 Å². The van der Waals surface area contributed by atoms with Crippen molar-refractivity contribution in [3.8, 4) is 0 Å². The van der Waals surface area contributed by atoms with Gasteiger partial charge in [0.05, 0.1) is 5.56 Å². The summed E-state index contributed by atoms with van der Waals surface area (Å²) in [6.07, 6.45) is 1.67. The Hall–Kier alpha value is -0.390. The second-order valence-corrected chi connectivity index (χ2v) is 6.15. The molecule has 0 heterocycles. The molecule has 0 aliphatic heterocycles. The van der Waals surface area contributed by atoms with Crippen molar-refractivity contribution in [3.63, 3.8) is 0 Å². The zero-order valence-corrected chi connectivity index (χ0v) is 13.8. The van der Waals surface area contributed by atoms with Crippen molar-refractivity contribution >= 4 is 37.8 Å². The fraction of sp³-hybridized carbons (Fsp3) is 0.462. The van der Waals surface area contributed by atoms with Crippen LogP contribution in [-0.2, 0) is 0 Å². The third-order valence-electron chi connectivity index (χ3n) is 3.18. The highest BCUT2D eigenvalue weighted by Crippen LogP contribution is 2.21. The molecule has 3 nitrogen and oxygen atoms in total. The van der Waals surface area contributed by atoms with Gasteiger partial charge in [0.25, 0.3) is 5.91 Å². The second-order valence-electron chi connectivity index (χ2n) is 4.38. The summed E-state index contributed by atoms with van der Waals surface area (Å²) in [4.78, 5) is 12.1. The molecule has 5 heteroatoms. The van der Waals surface area contributed by atoms with Crippen molar-refractivity contribution in [2.45, 2.75) is 32.2 Å². The number of amides is 1. The molecule has 0 bridgehead atoms. The van der Waals surface area contributed by atoms with Crippen LogP contribution in [0.15, 0.2) is 27.1 Å². The van der Waals surface area contributed by atoms with E-state index in [0.29, 0.717) is 12.1 Å². The average Bonchev–Trinajstić information content (AvgIpc) is 2.38. The van der Waals surface area contributed by atoms with Crippen molar-refractivity contribution in [2.24, 2.45) is 5.73 Å². The first-order chi connectivity index (χ1) is 8.41. The Bertz CT molecular complexity index is 431. The predicted octanol–water partition coefficient (Wildman–Crippen LogP) is 3.46. The predicted molar refractivity (Wildman–Crippen MR) is 81.7 cm³/mol. The summed E-state index contributed by atoms with van der Waals surface area (Å²) in [6.45, 7) is 4.55. The number of hydrogen-bond acceptors (Lipinski definition) is 2. The zero-order chi connectivity index (χ0) is 13.8. The summed E-state index contributed by atoms with van der Waals surface area (Å²) in [5, 5.41) is 2.89. The number of nitrogens with two attached hydrogens (primary N) is 1. The SMILES string of the molecule is CCC(N)(CC)CNC(=O)c1cc(Br)ccc1Br. The van der Waals surface area contributed by atoms with E-state index in [9.17, 15) is 4.79 Å². The Morgan fingerprint density at radius 1 is 1.33 bits per heavy atom. The van der Waals surface area contributed by atoms with Gasteiger partial charge in [0.1, 0.15) is 0 Å². The molecule has 0 saturated heterocycles. The quantitative estimate of drug-likeness (QED) is 0.825. The fourth-order valence-electron chi connectivity index (χ4n) is 1.52. The Kier molecular flexibility index (Phi) is 5.82. The lowest BCUT2D eigenvalue weighted by molar-refractivity contribution is 0.0941. The molecule has 0 aliphatic carbocycles. The Balaban J connectivity index is 2.74. The van der Waals surface area contributed by atoms with Crippen LogP contribution in [0, 0.1) is 0 Å². The Morgan fingerprint density at radius 2 is 1.94 bits per heavy atom. The highest BCUT2D eigenvalue weighted by atomic mass is 79.9. The van der Waals surface area contributed by atoms with Crippen LogP contribution in [0.25, 0.3) is 0 Å². The molecule has 18 heavy (non-hydrogen) atoms. The van der Waals surface area contributed by atoms with E-state index in [2.05, 4.69) is 37.2 Å². The van der Waals surface area contributed by atoms with Crippen molar-refractivity contribution in [1.82, 2.24) is 5.32 Å². The minimum Gasteiger partial charge on any atom is -0.350 e. The van der Waals surface area contributed by atoms with Gasteiger partial charge in [-0.3, -0.25) is 4.79 Å². The largest absolute Gasteiger partial charge is 0.350 e. The summed E-state index contributed by atoms with van der Waals surface area (Å²) < 4.78 is 1.65. The van der Waals surface area contributed by atoms with Crippen LogP contribution < -0.4 is 11.1 Å². The third kappa shape index (κ3) is 4.07. The number of rotatable bonds is 5. The van der Waals surface area contributed by atoms with Crippen molar-refractivity contribution in [3.05, 3.63) is 32.7 Å². The van der Waals surface area contributed by atoms with Crippen molar-refractivity contribution < 1.29 is 4.79 Å². The summed E-state index contributed by atoms with van der Waals surface area (Å²) >= 11 is 6.73. The van der Waals surface area contributed by atoms with Gasteiger partial charge in [0.15, 0.2) is 0 Å². The lowest BCUT2D eigenvalue weighted by Crippen LogP contribution is -2.49. The van der Waals surface area contributed by atoms with E-state index in [-0.39, 0.29) is 11.4 Å². The Labute approximate surface area is 125 Å². The van der Waals surface area contributed by atoms with Gasteiger partial charge in [-0.25, -0.2) is 0 Å². The second kappa shape index (κ2) is 6.68. The first-order valence-corrected chi connectivity index (χ1v) is 7.52. The standard InChI is InChI=1S/C13H18Br2N2O/c1-3-13(16,4-2)8-17-12(18)10-7-9(14)5-6-11(10)15/h5-7H,3-4,8,16H2,1-2H3,(H,17,18). The van der Waals surface area contributed by atoms with Gasteiger partial charge in [-0.2, -0.15) is 0 Å². The summed E-state index contributed by atoms with van der Waals surface area (Å²) in [5.41, 5.74) is 6.44. The lowest BCUT2D eigenvalue weighted by atomic mass is 9.94. The topological polar surface area (TPSA) is 55.1 Å². The van der Waals surface area contributed by atoms with Gasteiger partial charge in [-0.05, 0) is 47.0 Å². The van der Waals surface area contributed by atoms with Crippen molar-refractivity contribution in [1.29, 1.82) is 0 Å². The highest BCUT2D eigenvalue weighted by molar-refractivity contribution is 9.11. The van der Waals surface area contributed by atoms with Gasteiger partial charge in [0.2, 0.25) is 0 Å². The maximum absolute atomic E-state index is 12.1. The van der Waals surface area contributed by atoms with E-state index in [1.54, 1.807) is 6.07 Å². The van der Waals surface area contributed by atoms with E-state index < -0.39 is 0 Å². The van der Waals surface area contributed by atoms with E-state index in [1.807, 2.05) is 26.0 Å². The molecule has 0 unspecified atom stereocenters. The van der Waals surface area contributed by atoms with E-state index in [1.165, 1.54) is 0 Å². The van der Waals surface area contributed by atoms with Crippen LogP contribution in [0.2, 0.25) is 0 Å². The van der Waals surface area contributed by atoms with E-state index in [4.69, 9.17) is 5.73 Å². The van der Waals surface area contributed by atoms with Gasteiger partial charge in [-0.1, -0.05) is 29.8 Å². The lowest BCUT2D eigenvalue weighted by Gasteiger charge is -2.26. The number of carbonyl (C=O) groups is 1. The van der Waals surface area contributed by atoms with Gasteiger partial charge in [-0.15, -0.1) is 0 Å². The van der Waals surface area contributed by atoms with Crippen LogP contribution in [0.4, 0.5) is 0 Å². The van der Waals surface area contributed by atoms with Crippen LogP contribution in [-0.4, -0.2) is 18.0 Å². The summed E-state index contributed by atoms with van der Waals surface area (Å²) in [6, 6.07) is 5.51. The normalized spacial score (nSPS) is 11.4. The molecule has 3 N–H and O–H groups in total. The maximum Gasteiger partial charge on any atom is 0.252 e. The monoisotopic (exact) mass is 376 g/mol. The molecule has 100 valence electrons. The minimum absolute atomic E-state index is 0.111. The fourth-order valence-corrected chi connectivity index (χ4v) is 2.31. The molecule has 1 rings (SSSR count).